The van der Waals surface area contributed by atoms with E-state index < -0.39 is 0 Å². The molecule has 1 nitrogen and oxygen atoms in total. The van der Waals surface area contributed by atoms with Gasteiger partial charge in [-0.3, -0.25) is 0 Å². The van der Waals surface area contributed by atoms with Gasteiger partial charge in [-0.15, -0.1) is 0 Å². The molecule has 2 aromatic carbocycles. The second-order valence-electron chi connectivity index (χ2n) is 3.84. The second kappa shape index (κ2) is 6.60. The number of benzene rings is 2. The molecule has 4 heteroatoms. The Morgan fingerprint density at radius 1 is 1.05 bits per heavy atom. The summed E-state index contributed by atoms with van der Waals surface area (Å²) in [5.41, 5.74) is 0.909. The van der Waals surface area contributed by atoms with E-state index >= 15 is 0 Å². The lowest BCUT2D eigenvalue weighted by Crippen LogP contribution is -1.93. The molecule has 2 rings (SSSR count). The van der Waals surface area contributed by atoms with Crippen molar-refractivity contribution in [2.75, 3.05) is 6.61 Å². The van der Waals surface area contributed by atoms with Crippen molar-refractivity contribution in [1.29, 1.82) is 0 Å². The molecule has 19 heavy (non-hydrogen) atoms. The summed E-state index contributed by atoms with van der Waals surface area (Å²) in [5.74, 6) is 0.330. The summed E-state index contributed by atoms with van der Waals surface area (Å²) in [6, 6.07) is 11.3. The minimum Gasteiger partial charge on any atom is -0.488 e. The molecule has 0 spiro atoms. The average molecular weight is 297 g/mol. The van der Waals surface area contributed by atoms with E-state index in [1.54, 1.807) is 30.3 Å². The quantitative estimate of drug-likeness (QED) is 0.751. The molecule has 0 N–H and O–H groups in total. The molecule has 0 fully saturated rings. The zero-order chi connectivity index (χ0) is 13.7. The predicted octanol–water partition coefficient (Wildman–Crippen LogP) is 5.22. The van der Waals surface area contributed by atoms with Crippen LogP contribution in [0.25, 0.3) is 6.08 Å². The smallest absolute Gasteiger partial charge is 0.138 e. The van der Waals surface area contributed by atoms with Gasteiger partial charge in [-0.1, -0.05) is 41.4 Å². The minimum atomic E-state index is -0.249. The molecule has 0 heterocycles. The fraction of sp³-hybridized carbons (Fsp3) is 0.0667. The highest BCUT2D eigenvalue weighted by molar-refractivity contribution is 6.35. The first-order valence-electron chi connectivity index (χ1n) is 5.65. The van der Waals surface area contributed by atoms with Crippen LogP contribution >= 0.6 is 23.2 Å². The summed E-state index contributed by atoms with van der Waals surface area (Å²) in [6.45, 7) is 0.374. The SMILES string of the molecule is Fc1ccc(/C=C/COc2ccc(Cl)cc2Cl)cc1. The standard InChI is InChI=1S/C15H11Cl2FO/c16-12-5-8-15(14(17)10-12)19-9-1-2-11-3-6-13(18)7-4-11/h1-8,10H,9H2/b2-1+. The molecule has 0 radical (unpaired) electrons. The number of rotatable bonds is 4. The van der Waals surface area contributed by atoms with Gasteiger partial charge in [0.2, 0.25) is 0 Å². The van der Waals surface area contributed by atoms with Gasteiger partial charge in [-0.2, -0.15) is 0 Å². The third kappa shape index (κ3) is 4.27. The van der Waals surface area contributed by atoms with Gasteiger partial charge in [-0.05, 0) is 42.0 Å². The number of halogens is 3. The van der Waals surface area contributed by atoms with Crippen molar-refractivity contribution in [3.63, 3.8) is 0 Å². The Labute approximate surface area is 121 Å². The first-order valence-corrected chi connectivity index (χ1v) is 6.41. The van der Waals surface area contributed by atoms with Gasteiger partial charge in [0.15, 0.2) is 0 Å². The molecular formula is C15H11Cl2FO. The molecule has 0 aromatic heterocycles. The van der Waals surface area contributed by atoms with E-state index in [1.807, 2.05) is 12.2 Å². The van der Waals surface area contributed by atoms with E-state index in [1.165, 1.54) is 12.1 Å². The van der Waals surface area contributed by atoms with Crippen LogP contribution in [0.2, 0.25) is 10.0 Å². The average Bonchev–Trinajstić information content (AvgIpc) is 2.39. The summed E-state index contributed by atoms with van der Waals surface area (Å²) < 4.78 is 18.2. The van der Waals surface area contributed by atoms with Gasteiger partial charge in [0.25, 0.3) is 0 Å². The van der Waals surface area contributed by atoms with E-state index in [0.717, 1.165) is 5.56 Å². The molecule has 0 aliphatic carbocycles. The van der Waals surface area contributed by atoms with Crippen molar-refractivity contribution >= 4 is 29.3 Å². The Hall–Kier alpha value is -1.51. The lowest BCUT2D eigenvalue weighted by Gasteiger charge is -2.05. The highest BCUT2D eigenvalue weighted by atomic mass is 35.5. The van der Waals surface area contributed by atoms with Gasteiger partial charge < -0.3 is 4.74 Å². The maximum atomic E-state index is 12.7. The monoisotopic (exact) mass is 296 g/mol. The van der Waals surface area contributed by atoms with Gasteiger partial charge in [0.1, 0.15) is 18.2 Å². The Morgan fingerprint density at radius 3 is 2.47 bits per heavy atom. The van der Waals surface area contributed by atoms with Crippen LogP contribution in [0.5, 0.6) is 5.75 Å². The third-order valence-corrected chi connectivity index (χ3v) is 2.94. The molecule has 0 saturated carbocycles. The molecule has 0 unspecified atom stereocenters. The van der Waals surface area contributed by atoms with Crippen LogP contribution in [0.4, 0.5) is 4.39 Å². The van der Waals surface area contributed by atoms with Crippen molar-refractivity contribution in [3.05, 3.63) is 70.0 Å². The Kier molecular flexibility index (Phi) is 4.83. The highest BCUT2D eigenvalue weighted by Gasteiger charge is 2.00. The predicted molar refractivity (Wildman–Crippen MR) is 77.4 cm³/mol. The van der Waals surface area contributed by atoms with Crippen LogP contribution in [0.1, 0.15) is 5.56 Å². The van der Waals surface area contributed by atoms with Crippen molar-refractivity contribution in [2.24, 2.45) is 0 Å². The van der Waals surface area contributed by atoms with Gasteiger partial charge in [0.05, 0.1) is 5.02 Å². The fourth-order valence-corrected chi connectivity index (χ4v) is 1.95. The van der Waals surface area contributed by atoms with Crippen LogP contribution in [0, 0.1) is 5.82 Å². The number of hydrogen-bond acceptors (Lipinski definition) is 1. The lowest BCUT2D eigenvalue weighted by atomic mass is 10.2. The van der Waals surface area contributed by atoms with Gasteiger partial charge >= 0.3 is 0 Å². The molecule has 0 amide bonds. The zero-order valence-corrected chi connectivity index (χ0v) is 11.5. The highest BCUT2D eigenvalue weighted by Crippen LogP contribution is 2.27. The molecule has 0 aliphatic rings. The molecule has 0 saturated heterocycles. The zero-order valence-electron chi connectivity index (χ0n) is 9.95. The van der Waals surface area contributed by atoms with Crippen LogP contribution < -0.4 is 4.74 Å². The summed E-state index contributed by atoms with van der Waals surface area (Å²) in [7, 11) is 0. The maximum absolute atomic E-state index is 12.7. The fourth-order valence-electron chi connectivity index (χ4n) is 1.49. The number of ether oxygens (including phenoxy) is 1. The largest absolute Gasteiger partial charge is 0.488 e. The first-order chi connectivity index (χ1) is 9.15. The van der Waals surface area contributed by atoms with Crippen molar-refractivity contribution in [3.8, 4) is 5.75 Å². The first kappa shape index (κ1) is 13.9. The molecule has 0 atom stereocenters. The van der Waals surface area contributed by atoms with Crippen LogP contribution in [-0.2, 0) is 0 Å². The Balaban J connectivity index is 1.91. The molecular weight excluding hydrogens is 286 g/mol. The van der Waals surface area contributed by atoms with E-state index in [9.17, 15) is 4.39 Å². The van der Waals surface area contributed by atoms with Crippen molar-refractivity contribution < 1.29 is 9.13 Å². The third-order valence-electron chi connectivity index (χ3n) is 2.41. The summed E-state index contributed by atoms with van der Waals surface area (Å²) in [5, 5.41) is 1.04. The number of hydrogen-bond donors (Lipinski definition) is 0. The van der Waals surface area contributed by atoms with E-state index in [4.69, 9.17) is 27.9 Å². The van der Waals surface area contributed by atoms with Crippen molar-refractivity contribution in [1.82, 2.24) is 0 Å². The van der Waals surface area contributed by atoms with Crippen molar-refractivity contribution in [2.45, 2.75) is 0 Å². The minimum absolute atomic E-state index is 0.249. The van der Waals surface area contributed by atoms with E-state index in [-0.39, 0.29) is 5.82 Å². The Morgan fingerprint density at radius 2 is 1.79 bits per heavy atom. The van der Waals surface area contributed by atoms with Crippen LogP contribution in [-0.4, -0.2) is 6.61 Å². The van der Waals surface area contributed by atoms with E-state index in [2.05, 4.69) is 0 Å². The lowest BCUT2D eigenvalue weighted by molar-refractivity contribution is 0.364. The summed E-state index contributed by atoms with van der Waals surface area (Å²) in [6.07, 6.45) is 3.68. The molecule has 0 bridgehead atoms. The molecule has 0 aliphatic heterocycles. The summed E-state index contributed by atoms with van der Waals surface area (Å²) in [4.78, 5) is 0. The van der Waals surface area contributed by atoms with Gasteiger partial charge in [-0.25, -0.2) is 4.39 Å². The normalized spacial score (nSPS) is 10.9. The van der Waals surface area contributed by atoms with Crippen LogP contribution in [0.3, 0.4) is 0 Å². The topological polar surface area (TPSA) is 9.23 Å². The van der Waals surface area contributed by atoms with Crippen LogP contribution in [0.15, 0.2) is 48.5 Å². The van der Waals surface area contributed by atoms with Gasteiger partial charge in [0, 0.05) is 5.02 Å². The Bertz CT molecular complexity index is 579. The molecule has 98 valence electrons. The maximum Gasteiger partial charge on any atom is 0.138 e. The second-order valence-corrected chi connectivity index (χ2v) is 4.68. The molecule has 2 aromatic rings. The van der Waals surface area contributed by atoms with E-state index in [0.29, 0.717) is 22.4 Å². The summed E-state index contributed by atoms with van der Waals surface area (Å²) >= 11 is 11.8.